The molecule has 0 heterocycles. The number of benzene rings is 3. The van der Waals surface area contributed by atoms with E-state index in [1.165, 1.54) is 6.07 Å². The van der Waals surface area contributed by atoms with Crippen LogP contribution in [-0.2, 0) is 17.6 Å². The Kier molecular flexibility index (Phi) is 5.03. The van der Waals surface area contributed by atoms with Gasteiger partial charge in [-0.15, -0.1) is 0 Å². The lowest BCUT2D eigenvalue weighted by Crippen LogP contribution is -2.52. The summed E-state index contributed by atoms with van der Waals surface area (Å²) in [5.41, 5.74) is 7.62. The Bertz CT molecular complexity index is 1100. The maximum Gasteiger partial charge on any atom is 0.324 e. The van der Waals surface area contributed by atoms with Crippen LogP contribution >= 0.6 is 11.6 Å². The van der Waals surface area contributed by atoms with E-state index >= 15 is 0 Å². The van der Waals surface area contributed by atoms with Gasteiger partial charge in [-0.05, 0) is 48.2 Å². The van der Waals surface area contributed by atoms with Crippen LogP contribution in [0.5, 0.6) is 11.5 Å². The van der Waals surface area contributed by atoms with Gasteiger partial charge >= 0.3 is 5.97 Å². The average molecular weight is 412 g/mol. The van der Waals surface area contributed by atoms with Gasteiger partial charge in [0.25, 0.3) is 0 Å². The number of carbonyl (C=O) groups is 1. The highest BCUT2D eigenvalue weighted by Gasteiger charge is 2.37. The van der Waals surface area contributed by atoms with Gasteiger partial charge in [0.05, 0.1) is 5.02 Å². The van der Waals surface area contributed by atoms with Crippen molar-refractivity contribution in [3.8, 4) is 22.6 Å². The second kappa shape index (κ2) is 7.50. The molecule has 148 valence electrons. The van der Waals surface area contributed by atoms with Crippen LogP contribution in [0.1, 0.15) is 17.5 Å². The van der Waals surface area contributed by atoms with E-state index in [-0.39, 0.29) is 11.4 Å². The molecular formula is C23H19ClFNO3. The zero-order chi connectivity index (χ0) is 20.6. The van der Waals surface area contributed by atoms with E-state index in [9.17, 15) is 14.3 Å². The number of para-hydroxylation sites is 1. The van der Waals surface area contributed by atoms with Gasteiger partial charge in [0, 0.05) is 17.5 Å². The smallest absolute Gasteiger partial charge is 0.324 e. The number of ether oxygens (including phenoxy) is 1. The summed E-state index contributed by atoms with van der Waals surface area (Å²) in [5.74, 6) is -0.503. The van der Waals surface area contributed by atoms with E-state index in [2.05, 4.69) is 0 Å². The number of aryl methyl sites for hydroxylation is 1. The van der Waals surface area contributed by atoms with Crippen LogP contribution in [-0.4, -0.2) is 16.6 Å². The van der Waals surface area contributed by atoms with Crippen LogP contribution < -0.4 is 10.5 Å². The molecule has 4 rings (SSSR count). The molecule has 0 saturated heterocycles. The average Bonchev–Trinajstić information content (AvgIpc) is 2.70. The Labute approximate surface area is 172 Å². The van der Waals surface area contributed by atoms with Crippen molar-refractivity contribution in [1.29, 1.82) is 0 Å². The number of hydrogen-bond acceptors (Lipinski definition) is 3. The van der Waals surface area contributed by atoms with Crippen molar-refractivity contribution in [2.45, 2.75) is 24.8 Å². The van der Waals surface area contributed by atoms with Crippen molar-refractivity contribution in [2.75, 3.05) is 0 Å². The van der Waals surface area contributed by atoms with E-state index in [1.807, 2.05) is 18.2 Å². The van der Waals surface area contributed by atoms with Crippen LogP contribution in [0.25, 0.3) is 11.1 Å². The molecule has 1 aliphatic carbocycles. The van der Waals surface area contributed by atoms with Crippen LogP contribution in [0.4, 0.5) is 4.39 Å². The summed E-state index contributed by atoms with van der Waals surface area (Å²) in [6, 6.07) is 17.5. The van der Waals surface area contributed by atoms with Gasteiger partial charge in [-0.3, -0.25) is 4.79 Å². The first-order valence-electron chi connectivity index (χ1n) is 9.23. The second-order valence-corrected chi connectivity index (χ2v) is 7.68. The summed E-state index contributed by atoms with van der Waals surface area (Å²) in [4.78, 5) is 11.5. The SMILES string of the molecule is NC1(C(=O)O)CCc2ccc(Oc3ccccc3-c3cccc(Cl)c3F)cc2C1. The highest BCUT2D eigenvalue weighted by molar-refractivity contribution is 6.31. The Morgan fingerprint density at radius 2 is 1.83 bits per heavy atom. The van der Waals surface area contributed by atoms with Crippen molar-refractivity contribution in [3.63, 3.8) is 0 Å². The fourth-order valence-electron chi connectivity index (χ4n) is 3.66. The molecule has 0 amide bonds. The van der Waals surface area contributed by atoms with Crippen molar-refractivity contribution in [3.05, 3.63) is 82.6 Å². The summed E-state index contributed by atoms with van der Waals surface area (Å²) >= 11 is 5.93. The van der Waals surface area contributed by atoms with Gasteiger partial charge in [0.2, 0.25) is 0 Å². The number of nitrogens with two attached hydrogens (primary N) is 1. The second-order valence-electron chi connectivity index (χ2n) is 7.27. The summed E-state index contributed by atoms with van der Waals surface area (Å²) in [7, 11) is 0. The number of hydrogen-bond donors (Lipinski definition) is 2. The molecule has 4 nitrogen and oxygen atoms in total. The third kappa shape index (κ3) is 3.71. The quantitative estimate of drug-likeness (QED) is 0.618. The summed E-state index contributed by atoms with van der Waals surface area (Å²) in [5, 5.41) is 9.48. The van der Waals surface area contributed by atoms with Gasteiger partial charge in [-0.2, -0.15) is 0 Å². The Morgan fingerprint density at radius 1 is 1.07 bits per heavy atom. The van der Waals surface area contributed by atoms with E-state index in [4.69, 9.17) is 22.1 Å². The summed E-state index contributed by atoms with van der Waals surface area (Å²) in [6.07, 6.45) is 1.23. The molecule has 0 aromatic heterocycles. The fourth-order valence-corrected chi connectivity index (χ4v) is 3.83. The normalized spacial score (nSPS) is 18.2. The minimum absolute atomic E-state index is 0.0408. The molecule has 3 aromatic carbocycles. The number of carboxylic acid groups (broad SMARTS) is 1. The molecule has 0 radical (unpaired) electrons. The first-order valence-corrected chi connectivity index (χ1v) is 9.60. The van der Waals surface area contributed by atoms with Gasteiger partial charge in [0.15, 0.2) is 0 Å². The molecule has 3 aromatic rings. The van der Waals surface area contributed by atoms with E-state index in [0.29, 0.717) is 35.5 Å². The van der Waals surface area contributed by atoms with E-state index < -0.39 is 17.3 Å². The lowest BCUT2D eigenvalue weighted by Gasteiger charge is -2.31. The number of halogens is 2. The molecule has 0 saturated carbocycles. The van der Waals surface area contributed by atoms with Crippen LogP contribution in [0.2, 0.25) is 5.02 Å². The molecule has 0 bridgehead atoms. The largest absolute Gasteiger partial charge is 0.480 e. The van der Waals surface area contributed by atoms with E-state index in [0.717, 1.165) is 11.1 Å². The highest BCUT2D eigenvalue weighted by atomic mass is 35.5. The third-order valence-electron chi connectivity index (χ3n) is 5.31. The Hall–Kier alpha value is -2.89. The number of rotatable bonds is 4. The fraction of sp³-hybridized carbons (Fsp3) is 0.174. The monoisotopic (exact) mass is 411 g/mol. The molecule has 29 heavy (non-hydrogen) atoms. The Morgan fingerprint density at radius 3 is 2.62 bits per heavy atom. The first kappa shape index (κ1) is 19.4. The van der Waals surface area contributed by atoms with Crippen molar-refractivity contribution < 1.29 is 19.0 Å². The van der Waals surface area contributed by atoms with E-state index in [1.54, 1.807) is 36.4 Å². The van der Waals surface area contributed by atoms with Crippen LogP contribution in [0.15, 0.2) is 60.7 Å². The molecular weight excluding hydrogens is 393 g/mol. The highest BCUT2D eigenvalue weighted by Crippen LogP contribution is 2.37. The van der Waals surface area contributed by atoms with Crippen LogP contribution in [0.3, 0.4) is 0 Å². The minimum atomic E-state index is -1.27. The molecule has 1 unspecified atom stereocenters. The molecule has 0 spiro atoms. The third-order valence-corrected chi connectivity index (χ3v) is 5.60. The zero-order valence-corrected chi connectivity index (χ0v) is 16.2. The predicted octanol–water partition coefficient (Wildman–Crippen LogP) is 5.21. The molecule has 6 heteroatoms. The summed E-state index contributed by atoms with van der Waals surface area (Å²) < 4.78 is 20.6. The van der Waals surface area contributed by atoms with Gasteiger partial charge in [-0.25, -0.2) is 4.39 Å². The number of aliphatic carboxylic acids is 1. The van der Waals surface area contributed by atoms with Gasteiger partial charge in [0.1, 0.15) is 22.9 Å². The van der Waals surface area contributed by atoms with Gasteiger partial charge < -0.3 is 15.6 Å². The molecule has 3 N–H and O–H groups in total. The molecule has 0 aliphatic heterocycles. The summed E-state index contributed by atoms with van der Waals surface area (Å²) in [6.45, 7) is 0. The van der Waals surface area contributed by atoms with Crippen molar-refractivity contribution in [2.24, 2.45) is 5.73 Å². The van der Waals surface area contributed by atoms with Crippen LogP contribution in [0, 0.1) is 5.82 Å². The maximum absolute atomic E-state index is 14.5. The van der Waals surface area contributed by atoms with Crippen molar-refractivity contribution >= 4 is 17.6 Å². The molecule has 0 fully saturated rings. The van der Waals surface area contributed by atoms with Crippen molar-refractivity contribution in [1.82, 2.24) is 0 Å². The zero-order valence-electron chi connectivity index (χ0n) is 15.5. The van der Waals surface area contributed by atoms with Gasteiger partial charge in [-0.1, -0.05) is 48.0 Å². The molecule has 1 atom stereocenters. The maximum atomic E-state index is 14.5. The Balaban J connectivity index is 1.68. The number of fused-ring (bicyclic) bond motifs is 1. The lowest BCUT2D eigenvalue weighted by molar-refractivity contribution is -0.143. The standard InChI is InChI=1S/C23H19ClFNO3/c24-19-6-3-5-18(21(19)25)17-4-1-2-7-20(17)29-16-9-8-14-10-11-23(26,22(27)28)13-15(14)12-16/h1-9,12H,10-11,13,26H2,(H,27,28). The first-order chi connectivity index (χ1) is 13.9. The number of carboxylic acids is 1. The minimum Gasteiger partial charge on any atom is -0.480 e. The lowest BCUT2D eigenvalue weighted by atomic mass is 9.78. The molecule has 1 aliphatic rings. The predicted molar refractivity (Wildman–Crippen MR) is 110 cm³/mol. The topological polar surface area (TPSA) is 72.6 Å².